The van der Waals surface area contributed by atoms with Crippen molar-refractivity contribution in [3.63, 3.8) is 0 Å². The second-order valence-electron chi connectivity index (χ2n) is 2.76. The Bertz CT molecular complexity index is 509. The average Bonchev–Trinajstić information content (AvgIpc) is 2.57. The first-order chi connectivity index (χ1) is 7.24. The van der Waals surface area contributed by atoms with Crippen molar-refractivity contribution in [1.29, 1.82) is 0 Å². The Morgan fingerprint density at radius 3 is 3.13 bits per heavy atom. The third-order valence-electron chi connectivity index (χ3n) is 1.81. The number of halogens is 1. The van der Waals surface area contributed by atoms with Crippen LogP contribution in [-0.2, 0) is 4.74 Å². The monoisotopic (exact) mass is 225 g/mol. The van der Waals surface area contributed by atoms with Crippen LogP contribution >= 0.6 is 11.6 Å². The van der Waals surface area contributed by atoms with Gasteiger partial charge in [-0.05, 0) is 13.0 Å². The van der Waals surface area contributed by atoms with E-state index < -0.39 is 5.97 Å². The lowest BCUT2D eigenvalue weighted by atomic mass is 10.5. The molecule has 15 heavy (non-hydrogen) atoms. The van der Waals surface area contributed by atoms with E-state index in [1.807, 2.05) is 0 Å². The molecule has 0 fully saturated rings. The molecule has 0 aliphatic heterocycles. The number of hydrogen-bond acceptors (Lipinski definition) is 4. The number of ether oxygens (including phenoxy) is 1. The maximum Gasteiger partial charge on any atom is 0.360 e. The number of carbonyl (C=O) groups is 1. The van der Waals surface area contributed by atoms with Crippen LogP contribution in [0.25, 0.3) is 5.78 Å². The molecule has 78 valence electrons. The minimum atomic E-state index is -0.534. The minimum Gasteiger partial charge on any atom is -0.461 e. The van der Waals surface area contributed by atoms with Crippen molar-refractivity contribution >= 4 is 23.3 Å². The number of aromatic nitrogens is 3. The van der Waals surface area contributed by atoms with Crippen LogP contribution in [0.4, 0.5) is 0 Å². The summed E-state index contributed by atoms with van der Waals surface area (Å²) in [7, 11) is 0. The Balaban J connectivity index is 2.53. The van der Waals surface area contributed by atoms with Crippen molar-refractivity contribution in [2.75, 3.05) is 6.61 Å². The van der Waals surface area contributed by atoms with Gasteiger partial charge < -0.3 is 4.74 Å². The number of fused-ring (bicyclic) bond motifs is 1. The maximum absolute atomic E-state index is 11.4. The lowest BCUT2D eigenvalue weighted by Crippen LogP contribution is -2.05. The number of rotatable bonds is 2. The van der Waals surface area contributed by atoms with E-state index in [4.69, 9.17) is 16.3 Å². The predicted molar refractivity (Wildman–Crippen MR) is 54.0 cm³/mol. The molecular weight excluding hydrogens is 218 g/mol. The van der Waals surface area contributed by atoms with Gasteiger partial charge in [0, 0.05) is 12.4 Å². The molecule has 0 aliphatic rings. The van der Waals surface area contributed by atoms with E-state index in [1.54, 1.807) is 25.4 Å². The molecule has 2 heterocycles. The molecule has 0 radical (unpaired) electrons. The van der Waals surface area contributed by atoms with Gasteiger partial charge >= 0.3 is 5.97 Å². The summed E-state index contributed by atoms with van der Waals surface area (Å²) >= 11 is 5.95. The highest BCUT2D eigenvalue weighted by atomic mass is 35.5. The van der Waals surface area contributed by atoms with E-state index in [0.717, 1.165) is 0 Å². The Kier molecular flexibility index (Phi) is 2.55. The molecule has 0 saturated heterocycles. The summed E-state index contributed by atoms with van der Waals surface area (Å²) in [5.74, 6) is -0.154. The van der Waals surface area contributed by atoms with Crippen molar-refractivity contribution in [1.82, 2.24) is 14.4 Å². The highest BCUT2D eigenvalue weighted by Gasteiger charge is 2.18. The molecule has 0 bridgehead atoms. The zero-order valence-corrected chi connectivity index (χ0v) is 8.73. The zero-order chi connectivity index (χ0) is 10.8. The van der Waals surface area contributed by atoms with Gasteiger partial charge in [-0.3, -0.25) is 4.40 Å². The van der Waals surface area contributed by atoms with Gasteiger partial charge in [-0.1, -0.05) is 11.6 Å². The smallest absolute Gasteiger partial charge is 0.360 e. The molecule has 6 heteroatoms. The summed E-state index contributed by atoms with van der Waals surface area (Å²) < 4.78 is 6.33. The van der Waals surface area contributed by atoms with E-state index >= 15 is 0 Å². The number of esters is 1. The van der Waals surface area contributed by atoms with Crippen molar-refractivity contribution in [3.05, 3.63) is 29.3 Å². The first kappa shape index (κ1) is 9.92. The van der Waals surface area contributed by atoms with Crippen LogP contribution in [0.5, 0.6) is 0 Å². The predicted octanol–water partition coefficient (Wildman–Crippen LogP) is 1.56. The summed E-state index contributed by atoms with van der Waals surface area (Å²) in [6.07, 6.45) is 3.26. The number of imidazole rings is 1. The fraction of sp³-hybridized carbons (Fsp3) is 0.222. The first-order valence-electron chi connectivity index (χ1n) is 4.39. The molecule has 0 N–H and O–H groups in total. The molecule has 0 unspecified atom stereocenters. The summed E-state index contributed by atoms with van der Waals surface area (Å²) in [6.45, 7) is 2.01. The standard InChI is InChI=1S/C9H8ClN3O2/c1-2-15-8(14)6-7(10)13-5-3-4-11-9(13)12-6/h3-5H,2H2,1H3. The Hall–Kier alpha value is -1.62. The van der Waals surface area contributed by atoms with Crippen LogP contribution in [0.15, 0.2) is 18.5 Å². The fourth-order valence-electron chi connectivity index (χ4n) is 1.19. The molecule has 0 aliphatic carbocycles. The second-order valence-corrected chi connectivity index (χ2v) is 3.12. The lowest BCUT2D eigenvalue weighted by molar-refractivity contribution is 0.0520. The van der Waals surface area contributed by atoms with Crippen molar-refractivity contribution in [3.8, 4) is 0 Å². The Morgan fingerprint density at radius 1 is 1.67 bits per heavy atom. The summed E-state index contributed by atoms with van der Waals surface area (Å²) in [6, 6.07) is 1.70. The quantitative estimate of drug-likeness (QED) is 0.728. The molecule has 0 spiro atoms. The van der Waals surface area contributed by atoms with Crippen LogP contribution in [0.1, 0.15) is 17.4 Å². The minimum absolute atomic E-state index is 0.0946. The summed E-state index contributed by atoms with van der Waals surface area (Å²) in [5, 5.41) is 0.219. The van der Waals surface area contributed by atoms with Gasteiger partial charge in [0.15, 0.2) is 5.69 Å². The third-order valence-corrected chi connectivity index (χ3v) is 2.18. The second kappa shape index (κ2) is 3.86. The van der Waals surface area contributed by atoms with Gasteiger partial charge in [0.1, 0.15) is 5.15 Å². The van der Waals surface area contributed by atoms with Crippen LogP contribution in [-0.4, -0.2) is 26.9 Å². The van der Waals surface area contributed by atoms with E-state index in [9.17, 15) is 4.79 Å². The van der Waals surface area contributed by atoms with Crippen LogP contribution < -0.4 is 0 Å². The van der Waals surface area contributed by atoms with Crippen LogP contribution in [0.3, 0.4) is 0 Å². The number of hydrogen-bond donors (Lipinski definition) is 0. The van der Waals surface area contributed by atoms with E-state index in [1.165, 1.54) is 4.40 Å². The zero-order valence-electron chi connectivity index (χ0n) is 7.98. The van der Waals surface area contributed by atoms with Gasteiger partial charge in [0.25, 0.3) is 0 Å². The molecule has 2 aromatic rings. The first-order valence-corrected chi connectivity index (χ1v) is 4.77. The summed E-state index contributed by atoms with van der Waals surface area (Å²) in [4.78, 5) is 19.4. The van der Waals surface area contributed by atoms with Gasteiger partial charge in [0.05, 0.1) is 6.61 Å². The molecule has 0 amide bonds. The molecule has 2 rings (SSSR count). The fourth-order valence-corrected chi connectivity index (χ4v) is 1.44. The Morgan fingerprint density at radius 2 is 2.47 bits per heavy atom. The maximum atomic E-state index is 11.4. The summed E-state index contributed by atoms with van der Waals surface area (Å²) in [5.41, 5.74) is 0.0946. The normalized spacial score (nSPS) is 10.5. The third kappa shape index (κ3) is 1.66. The van der Waals surface area contributed by atoms with Crippen molar-refractivity contribution in [2.24, 2.45) is 0 Å². The Labute approximate surface area is 90.7 Å². The molecule has 5 nitrogen and oxygen atoms in total. The largest absolute Gasteiger partial charge is 0.461 e. The number of nitrogens with zero attached hydrogens (tertiary/aromatic N) is 3. The van der Waals surface area contributed by atoms with Gasteiger partial charge in [-0.2, -0.15) is 0 Å². The SMILES string of the molecule is CCOC(=O)c1nc2ncccn2c1Cl. The topological polar surface area (TPSA) is 56.5 Å². The van der Waals surface area contributed by atoms with Gasteiger partial charge in [-0.15, -0.1) is 0 Å². The van der Waals surface area contributed by atoms with Gasteiger partial charge in [0.2, 0.25) is 5.78 Å². The molecule has 0 saturated carbocycles. The van der Waals surface area contributed by atoms with E-state index in [0.29, 0.717) is 5.78 Å². The lowest BCUT2D eigenvalue weighted by Gasteiger charge is -1.97. The highest BCUT2D eigenvalue weighted by Crippen LogP contribution is 2.17. The molecular formula is C9H8ClN3O2. The number of carbonyl (C=O) groups excluding carboxylic acids is 1. The van der Waals surface area contributed by atoms with Crippen molar-refractivity contribution < 1.29 is 9.53 Å². The van der Waals surface area contributed by atoms with E-state index in [-0.39, 0.29) is 17.5 Å². The average molecular weight is 226 g/mol. The van der Waals surface area contributed by atoms with E-state index in [2.05, 4.69) is 9.97 Å². The van der Waals surface area contributed by atoms with Crippen molar-refractivity contribution in [2.45, 2.75) is 6.92 Å². The van der Waals surface area contributed by atoms with Crippen LogP contribution in [0, 0.1) is 0 Å². The highest BCUT2D eigenvalue weighted by molar-refractivity contribution is 6.32. The van der Waals surface area contributed by atoms with Crippen LogP contribution in [0.2, 0.25) is 5.15 Å². The van der Waals surface area contributed by atoms with Gasteiger partial charge in [-0.25, -0.2) is 14.8 Å². The molecule has 0 aromatic carbocycles. The molecule has 2 aromatic heterocycles. The molecule has 0 atom stereocenters.